The Bertz CT molecular complexity index is 623. The number of halogens is 1. The first kappa shape index (κ1) is 14.6. The van der Waals surface area contributed by atoms with Gasteiger partial charge in [0.25, 0.3) is 0 Å². The first-order chi connectivity index (χ1) is 9.61. The summed E-state index contributed by atoms with van der Waals surface area (Å²) in [5, 5.41) is 0. The number of aryl methyl sites for hydroxylation is 1. The molecule has 3 nitrogen and oxygen atoms in total. The molecule has 0 saturated heterocycles. The lowest BCUT2D eigenvalue weighted by molar-refractivity contribution is 0.0919. The summed E-state index contributed by atoms with van der Waals surface area (Å²) in [4.78, 5) is 12.1. The molecular formula is C16H15BrO3. The van der Waals surface area contributed by atoms with E-state index in [0.29, 0.717) is 17.1 Å². The molecule has 0 aliphatic carbocycles. The summed E-state index contributed by atoms with van der Waals surface area (Å²) in [6, 6.07) is 12.9. The topological polar surface area (TPSA) is 35.5 Å². The van der Waals surface area contributed by atoms with Crippen molar-refractivity contribution >= 4 is 21.7 Å². The second-order valence-corrected chi connectivity index (χ2v) is 5.21. The summed E-state index contributed by atoms with van der Waals surface area (Å²) in [5.41, 5.74) is 1.70. The SMILES string of the molecule is COc1cccc(Br)c1OCC(=O)c1cccc(C)c1. The van der Waals surface area contributed by atoms with Gasteiger partial charge in [-0.05, 0) is 41.1 Å². The molecule has 0 heterocycles. The van der Waals surface area contributed by atoms with Crippen molar-refractivity contribution in [1.82, 2.24) is 0 Å². The lowest BCUT2D eigenvalue weighted by Crippen LogP contribution is -2.12. The maximum atomic E-state index is 12.1. The molecule has 0 fully saturated rings. The lowest BCUT2D eigenvalue weighted by atomic mass is 10.1. The van der Waals surface area contributed by atoms with Crippen LogP contribution >= 0.6 is 15.9 Å². The Hall–Kier alpha value is -1.81. The molecule has 20 heavy (non-hydrogen) atoms. The number of hydrogen-bond acceptors (Lipinski definition) is 3. The minimum absolute atomic E-state index is 0.0254. The van der Waals surface area contributed by atoms with Crippen LogP contribution in [-0.4, -0.2) is 19.5 Å². The van der Waals surface area contributed by atoms with E-state index >= 15 is 0 Å². The molecule has 0 aliphatic heterocycles. The Morgan fingerprint density at radius 2 is 1.95 bits per heavy atom. The molecule has 0 amide bonds. The fourth-order valence-corrected chi connectivity index (χ4v) is 2.29. The first-order valence-electron chi connectivity index (χ1n) is 6.17. The Balaban J connectivity index is 2.11. The van der Waals surface area contributed by atoms with Gasteiger partial charge in [-0.15, -0.1) is 0 Å². The summed E-state index contributed by atoms with van der Waals surface area (Å²) < 4.78 is 11.6. The molecule has 0 atom stereocenters. The third-order valence-corrected chi connectivity index (χ3v) is 3.46. The third-order valence-electron chi connectivity index (χ3n) is 2.84. The third kappa shape index (κ3) is 3.39. The largest absolute Gasteiger partial charge is 0.493 e. The van der Waals surface area contributed by atoms with Crippen LogP contribution in [0.2, 0.25) is 0 Å². The predicted octanol–water partition coefficient (Wildman–Crippen LogP) is 4.03. The summed E-state index contributed by atoms with van der Waals surface area (Å²) >= 11 is 3.39. The van der Waals surface area contributed by atoms with Crippen molar-refractivity contribution in [1.29, 1.82) is 0 Å². The molecule has 2 aromatic carbocycles. The number of methoxy groups -OCH3 is 1. The van der Waals surface area contributed by atoms with Gasteiger partial charge in [-0.2, -0.15) is 0 Å². The second kappa shape index (κ2) is 6.57. The van der Waals surface area contributed by atoms with Gasteiger partial charge in [-0.1, -0.05) is 29.8 Å². The molecular weight excluding hydrogens is 320 g/mol. The molecule has 2 rings (SSSR count). The van der Waals surface area contributed by atoms with Crippen molar-refractivity contribution in [2.45, 2.75) is 6.92 Å². The van der Waals surface area contributed by atoms with Gasteiger partial charge in [0.2, 0.25) is 0 Å². The molecule has 4 heteroatoms. The Kier molecular flexibility index (Phi) is 4.79. The smallest absolute Gasteiger partial charge is 0.200 e. The highest BCUT2D eigenvalue weighted by Crippen LogP contribution is 2.34. The van der Waals surface area contributed by atoms with E-state index in [4.69, 9.17) is 9.47 Å². The van der Waals surface area contributed by atoms with Gasteiger partial charge < -0.3 is 9.47 Å². The van der Waals surface area contributed by atoms with Crippen LogP contribution in [0.1, 0.15) is 15.9 Å². The number of hydrogen-bond donors (Lipinski definition) is 0. The van der Waals surface area contributed by atoms with Gasteiger partial charge in [0.15, 0.2) is 23.9 Å². The Labute approximate surface area is 126 Å². The number of carbonyl (C=O) groups is 1. The van der Waals surface area contributed by atoms with Crippen molar-refractivity contribution in [2.75, 3.05) is 13.7 Å². The van der Waals surface area contributed by atoms with E-state index in [-0.39, 0.29) is 12.4 Å². The van der Waals surface area contributed by atoms with Crippen LogP contribution in [0.15, 0.2) is 46.9 Å². The number of Topliss-reactive ketones (excluding diaryl/α,β-unsaturated/α-hetero) is 1. The van der Waals surface area contributed by atoms with Crippen LogP contribution in [0.3, 0.4) is 0 Å². The lowest BCUT2D eigenvalue weighted by Gasteiger charge is -2.11. The van der Waals surface area contributed by atoms with Crippen molar-refractivity contribution < 1.29 is 14.3 Å². The molecule has 0 aliphatic rings. The van der Waals surface area contributed by atoms with E-state index in [1.807, 2.05) is 37.3 Å². The molecule has 0 unspecified atom stereocenters. The number of para-hydroxylation sites is 1. The molecule has 0 aromatic heterocycles. The van der Waals surface area contributed by atoms with E-state index in [9.17, 15) is 4.79 Å². The number of ketones is 1. The molecule has 0 saturated carbocycles. The van der Waals surface area contributed by atoms with Crippen molar-refractivity contribution in [3.05, 3.63) is 58.1 Å². The average Bonchev–Trinajstić information content (AvgIpc) is 2.45. The fraction of sp³-hybridized carbons (Fsp3) is 0.188. The fourth-order valence-electron chi connectivity index (χ4n) is 1.83. The van der Waals surface area contributed by atoms with Crippen molar-refractivity contribution in [3.63, 3.8) is 0 Å². The zero-order chi connectivity index (χ0) is 14.5. The number of rotatable bonds is 5. The maximum absolute atomic E-state index is 12.1. The van der Waals surface area contributed by atoms with Crippen LogP contribution in [0.5, 0.6) is 11.5 Å². The normalized spacial score (nSPS) is 10.2. The highest BCUT2D eigenvalue weighted by Gasteiger charge is 2.12. The highest BCUT2D eigenvalue weighted by molar-refractivity contribution is 9.10. The van der Waals surface area contributed by atoms with E-state index in [1.54, 1.807) is 19.2 Å². The summed E-state index contributed by atoms with van der Waals surface area (Å²) in [5.74, 6) is 1.07. The zero-order valence-electron chi connectivity index (χ0n) is 11.4. The number of benzene rings is 2. The Morgan fingerprint density at radius 1 is 1.20 bits per heavy atom. The molecule has 2 aromatic rings. The second-order valence-electron chi connectivity index (χ2n) is 4.35. The molecule has 104 valence electrons. The van der Waals surface area contributed by atoms with Crippen LogP contribution in [0.4, 0.5) is 0 Å². The van der Waals surface area contributed by atoms with E-state index in [0.717, 1.165) is 10.0 Å². The van der Waals surface area contributed by atoms with E-state index in [1.165, 1.54) is 0 Å². The van der Waals surface area contributed by atoms with Crippen LogP contribution in [0.25, 0.3) is 0 Å². The van der Waals surface area contributed by atoms with Crippen LogP contribution in [-0.2, 0) is 0 Å². The Morgan fingerprint density at radius 3 is 2.65 bits per heavy atom. The maximum Gasteiger partial charge on any atom is 0.200 e. The van der Waals surface area contributed by atoms with Crippen LogP contribution < -0.4 is 9.47 Å². The standard InChI is InChI=1S/C16H15BrO3/c1-11-5-3-6-12(9-11)14(18)10-20-16-13(17)7-4-8-15(16)19-2/h3-9H,10H2,1-2H3. The molecule has 0 bridgehead atoms. The number of carbonyl (C=O) groups excluding carboxylic acids is 1. The van der Waals surface area contributed by atoms with Gasteiger partial charge in [-0.3, -0.25) is 4.79 Å². The van der Waals surface area contributed by atoms with Gasteiger partial charge >= 0.3 is 0 Å². The number of ether oxygens (including phenoxy) is 2. The minimum atomic E-state index is -0.0634. The summed E-state index contributed by atoms with van der Waals surface area (Å²) in [6.07, 6.45) is 0. The quantitative estimate of drug-likeness (QED) is 0.774. The molecule has 0 radical (unpaired) electrons. The van der Waals surface area contributed by atoms with Gasteiger partial charge in [0, 0.05) is 5.56 Å². The van der Waals surface area contributed by atoms with E-state index in [2.05, 4.69) is 15.9 Å². The average molecular weight is 335 g/mol. The zero-order valence-corrected chi connectivity index (χ0v) is 12.9. The van der Waals surface area contributed by atoms with Crippen LogP contribution in [0, 0.1) is 6.92 Å². The van der Waals surface area contributed by atoms with Crippen molar-refractivity contribution in [2.24, 2.45) is 0 Å². The summed E-state index contributed by atoms with van der Waals surface area (Å²) in [7, 11) is 1.57. The van der Waals surface area contributed by atoms with Crippen molar-refractivity contribution in [3.8, 4) is 11.5 Å². The minimum Gasteiger partial charge on any atom is -0.493 e. The predicted molar refractivity (Wildman–Crippen MR) is 81.7 cm³/mol. The van der Waals surface area contributed by atoms with Gasteiger partial charge in [0.05, 0.1) is 11.6 Å². The first-order valence-corrected chi connectivity index (χ1v) is 6.96. The molecule has 0 N–H and O–H groups in total. The monoisotopic (exact) mass is 334 g/mol. The summed E-state index contributed by atoms with van der Waals surface area (Å²) in [6.45, 7) is 1.93. The van der Waals surface area contributed by atoms with Gasteiger partial charge in [0.1, 0.15) is 0 Å². The highest BCUT2D eigenvalue weighted by atomic mass is 79.9. The van der Waals surface area contributed by atoms with Gasteiger partial charge in [-0.25, -0.2) is 0 Å². The molecule has 0 spiro atoms. The van der Waals surface area contributed by atoms with E-state index < -0.39 is 0 Å².